The summed E-state index contributed by atoms with van der Waals surface area (Å²) in [6.45, 7) is 8.17. The molecule has 1 saturated heterocycles. The molecule has 5 heteroatoms. The van der Waals surface area contributed by atoms with Gasteiger partial charge in [-0.1, -0.05) is 44.2 Å². The summed E-state index contributed by atoms with van der Waals surface area (Å²) in [4.78, 5) is 12.8. The fourth-order valence-electron chi connectivity index (χ4n) is 4.22. The number of para-hydroxylation sites is 1. The van der Waals surface area contributed by atoms with Crippen LogP contribution in [-0.2, 0) is 14.3 Å². The summed E-state index contributed by atoms with van der Waals surface area (Å²) < 4.78 is 17.2. The van der Waals surface area contributed by atoms with Crippen LogP contribution in [0.3, 0.4) is 0 Å². The number of nitriles is 1. The maximum absolute atomic E-state index is 12.8. The summed E-state index contributed by atoms with van der Waals surface area (Å²) in [6, 6.07) is 18.6. The molecule has 1 aliphatic heterocycles. The molecule has 29 heavy (non-hydrogen) atoms. The molecular weight excluding hydrogens is 366 g/mol. The molecule has 0 amide bonds. The van der Waals surface area contributed by atoms with Gasteiger partial charge in [0.25, 0.3) is 0 Å². The second-order valence-electron chi connectivity index (χ2n) is 8.90. The molecule has 2 fully saturated rings. The number of nitrogens with zero attached hydrogens (tertiary/aromatic N) is 1. The van der Waals surface area contributed by atoms with Gasteiger partial charge >= 0.3 is 5.97 Å². The lowest BCUT2D eigenvalue weighted by Crippen LogP contribution is -2.15. The van der Waals surface area contributed by atoms with Gasteiger partial charge in [0.1, 0.15) is 17.6 Å². The molecule has 2 aromatic carbocycles. The number of benzene rings is 2. The van der Waals surface area contributed by atoms with Crippen molar-refractivity contribution in [1.29, 1.82) is 5.26 Å². The Morgan fingerprint density at radius 3 is 2.34 bits per heavy atom. The second kappa shape index (κ2) is 6.89. The largest absolute Gasteiger partial charge is 0.457 e. The van der Waals surface area contributed by atoms with Crippen LogP contribution in [0, 0.1) is 28.6 Å². The average molecular weight is 391 g/mol. The van der Waals surface area contributed by atoms with Gasteiger partial charge in [0.05, 0.1) is 17.6 Å². The van der Waals surface area contributed by atoms with E-state index in [2.05, 4.69) is 19.9 Å². The molecule has 0 N–H and O–H groups in total. The summed E-state index contributed by atoms with van der Waals surface area (Å²) in [6.07, 6.45) is -0.912. The van der Waals surface area contributed by atoms with Crippen LogP contribution in [0.5, 0.6) is 11.5 Å². The van der Waals surface area contributed by atoms with E-state index in [0.29, 0.717) is 17.1 Å². The van der Waals surface area contributed by atoms with Crippen LogP contribution in [0.4, 0.5) is 0 Å². The zero-order valence-corrected chi connectivity index (χ0v) is 17.1. The van der Waals surface area contributed by atoms with E-state index in [1.165, 1.54) is 0 Å². The number of carbonyl (C=O) groups excluding carboxylic acids is 1. The normalized spacial score (nSPS) is 26.7. The number of ether oxygens (including phenoxy) is 3. The average Bonchev–Trinajstić information content (AvgIpc) is 3.50. The number of epoxide rings is 1. The van der Waals surface area contributed by atoms with E-state index in [9.17, 15) is 10.1 Å². The monoisotopic (exact) mass is 391 g/mol. The van der Waals surface area contributed by atoms with Gasteiger partial charge in [-0.05, 0) is 43.5 Å². The molecule has 1 heterocycles. The van der Waals surface area contributed by atoms with Crippen molar-refractivity contribution in [3.8, 4) is 17.6 Å². The highest BCUT2D eigenvalue weighted by molar-refractivity contribution is 5.78. The van der Waals surface area contributed by atoms with Crippen molar-refractivity contribution >= 4 is 5.97 Å². The molecule has 0 aromatic heterocycles. The summed E-state index contributed by atoms with van der Waals surface area (Å²) in [7, 11) is 0. The molecule has 0 unspecified atom stereocenters. The number of hydrogen-bond donors (Lipinski definition) is 0. The van der Waals surface area contributed by atoms with E-state index in [1.54, 1.807) is 24.3 Å². The third-order valence-corrected chi connectivity index (χ3v) is 6.04. The van der Waals surface area contributed by atoms with Crippen LogP contribution in [0.25, 0.3) is 0 Å². The Kier molecular flexibility index (Phi) is 4.63. The minimum Gasteiger partial charge on any atom is -0.457 e. The van der Waals surface area contributed by atoms with E-state index >= 15 is 0 Å². The molecule has 0 spiro atoms. The van der Waals surface area contributed by atoms with Gasteiger partial charge in [-0.3, -0.25) is 4.79 Å². The molecule has 150 valence electrons. The molecule has 2 aromatic rings. The van der Waals surface area contributed by atoms with Crippen LogP contribution in [0.15, 0.2) is 54.6 Å². The van der Waals surface area contributed by atoms with E-state index < -0.39 is 6.10 Å². The number of esters is 1. The molecular formula is C24H25NO4. The van der Waals surface area contributed by atoms with Gasteiger partial charge in [0, 0.05) is 11.5 Å². The molecule has 4 rings (SSSR count). The first-order chi connectivity index (χ1) is 13.7. The standard InChI is InChI=1S/C24H25NO4/c1-23(2)19(21-24(3,4)29-21)20(23)22(26)28-18(14-25)15-9-8-12-17(13-15)27-16-10-6-5-7-11-16/h5-13,18-21H,1-4H3/t18-,19+,20-,21-/m0/s1. The first kappa shape index (κ1) is 19.5. The van der Waals surface area contributed by atoms with E-state index in [1.807, 2.05) is 44.2 Å². The molecule has 5 nitrogen and oxygen atoms in total. The fourth-order valence-corrected chi connectivity index (χ4v) is 4.22. The summed E-state index contributed by atoms with van der Waals surface area (Å²) in [5, 5.41) is 9.62. The van der Waals surface area contributed by atoms with Crippen molar-refractivity contribution in [3.05, 3.63) is 60.2 Å². The fraction of sp³-hybridized carbons (Fsp3) is 0.417. The zero-order chi connectivity index (χ0) is 20.8. The lowest BCUT2D eigenvalue weighted by molar-refractivity contribution is -0.149. The highest BCUT2D eigenvalue weighted by Crippen LogP contribution is 2.66. The highest BCUT2D eigenvalue weighted by Gasteiger charge is 2.73. The summed E-state index contributed by atoms with van der Waals surface area (Å²) in [5.41, 5.74) is 0.218. The third kappa shape index (κ3) is 3.73. The molecule has 0 bridgehead atoms. The van der Waals surface area contributed by atoms with Gasteiger partial charge in [0.15, 0.2) is 0 Å². The van der Waals surface area contributed by atoms with Crippen LogP contribution in [-0.4, -0.2) is 17.7 Å². The molecule has 1 saturated carbocycles. The summed E-state index contributed by atoms with van der Waals surface area (Å²) in [5.74, 6) is 0.811. The lowest BCUT2D eigenvalue weighted by Gasteiger charge is -2.13. The molecule has 1 aliphatic carbocycles. The van der Waals surface area contributed by atoms with Gasteiger partial charge in [-0.15, -0.1) is 0 Å². The Bertz CT molecular complexity index is 960. The van der Waals surface area contributed by atoms with E-state index in [-0.39, 0.29) is 34.9 Å². The van der Waals surface area contributed by atoms with Crippen LogP contribution in [0.2, 0.25) is 0 Å². The lowest BCUT2D eigenvalue weighted by atomic mass is 10.0. The van der Waals surface area contributed by atoms with Crippen LogP contribution in [0.1, 0.15) is 39.4 Å². The van der Waals surface area contributed by atoms with E-state index in [4.69, 9.17) is 14.2 Å². The Morgan fingerprint density at radius 1 is 1.07 bits per heavy atom. The first-order valence-electron chi connectivity index (χ1n) is 9.85. The van der Waals surface area contributed by atoms with Gasteiger partial charge < -0.3 is 14.2 Å². The first-order valence-corrected chi connectivity index (χ1v) is 9.85. The predicted molar refractivity (Wildman–Crippen MR) is 107 cm³/mol. The van der Waals surface area contributed by atoms with Crippen molar-refractivity contribution in [1.82, 2.24) is 0 Å². The minimum atomic E-state index is -0.980. The SMILES string of the molecule is CC1(C)O[C@H]1[C@H]1[C@@H](C(=O)O[C@@H](C#N)c2cccc(Oc3ccccc3)c2)C1(C)C. The Hall–Kier alpha value is -2.84. The number of carbonyl (C=O) groups is 1. The Morgan fingerprint density at radius 2 is 1.72 bits per heavy atom. The Balaban J connectivity index is 1.45. The van der Waals surface area contributed by atoms with Crippen molar-refractivity contribution in [3.63, 3.8) is 0 Å². The molecule has 0 radical (unpaired) electrons. The third-order valence-electron chi connectivity index (χ3n) is 6.04. The van der Waals surface area contributed by atoms with Crippen LogP contribution < -0.4 is 4.74 Å². The maximum atomic E-state index is 12.8. The molecule has 4 atom stereocenters. The molecule has 2 aliphatic rings. The van der Waals surface area contributed by atoms with Gasteiger partial charge in [-0.25, -0.2) is 0 Å². The van der Waals surface area contributed by atoms with Crippen molar-refractivity contribution in [2.75, 3.05) is 0 Å². The van der Waals surface area contributed by atoms with Gasteiger partial charge in [-0.2, -0.15) is 5.26 Å². The number of rotatable bonds is 6. The smallest absolute Gasteiger partial charge is 0.311 e. The Labute approximate surface area is 171 Å². The zero-order valence-electron chi connectivity index (χ0n) is 17.1. The van der Waals surface area contributed by atoms with Crippen molar-refractivity contribution < 1.29 is 19.0 Å². The minimum absolute atomic E-state index is 0.0678. The van der Waals surface area contributed by atoms with E-state index in [0.717, 1.165) is 0 Å². The van der Waals surface area contributed by atoms with Crippen molar-refractivity contribution in [2.45, 2.75) is 45.5 Å². The van der Waals surface area contributed by atoms with Crippen molar-refractivity contribution in [2.24, 2.45) is 17.3 Å². The second-order valence-corrected chi connectivity index (χ2v) is 8.90. The van der Waals surface area contributed by atoms with Crippen LogP contribution >= 0.6 is 0 Å². The maximum Gasteiger partial charge on any atom is 0.311 e. The number of hydrogen-bond acceptors (Lipinski definition) is 5. The predicted octanol–water partition coefficient (Wildman–Crippen LogP) is 5.04. The topological polar surface area (TPSA) is 71.8 Å². The quantitative estimate of drug-likeness (QED) is 0.510. The summed E-state index contributed by atoms with van der Waals surface area (Å²) >= 11 is 0. The highest BCUT2D eigenvalue weighted by atomic mass is 16.6. The van der Waals surface area contributed by atoms with Gasteiger partial charge in [0.2, 0.25) is 6.10 Å².